The second-order valence-electron chi connectivity index (χ2n) is 6.84. The highest BCUT2D eigenvalue weighted by atomic mass is 32.2. The van der Waals surface area contributed by atoms with Gasteiger partial charge in [0.1, 0.15) is 5.75 Å². The Bertz CT molecular complexity index is 923. The van der Waals surface area contributed by atoms with Crippen molar-refractivity contribution in [2.45, 2.75) is 42.8 Å². The maximum absolute atomic E-state index is 12.6. The maximum Gasteiger partial charge on any atom is 0.573 e. The normalized spacial score (nSPS) is 18.7. The number of aromatic nitrogens is 2. The Morgan fingerprint density at radius 1 is 1.41 bits per heavy atom. The molecule has 0 bridgehead atoms. The van der Waals surface area contributed by atoms with E-state index in [-0.39, 0.29) is 24.1 Å². The molecule has 6 nitrogen and oxygen atoms in total. The van der Waals surface area contributed by atoms with Gasteiger partial charge in [-0.15, -0.1) is 24.9 Å². The molecule has 1 atom stereocenters. The van der Waals surface area contributed by atoms with Gasteiger partial charge in [-0.2, -0.15) is 5.10 Å². The number of benzene rings is 1. The highest BCUT2D eigenvalue weighted by Crippen LogP contribution is 2.46. The van der Waals surface area contributed by atoms with Gasteiger partial charge in [-0.25, -0.2) is 4.79 Å². The van der Waals surface area contributed by atoms with Gasteiger partial charge >= 0.3 is 12.3 Å². The summed E-state index contributed by atoms with van der Waals surface area (Å²) in [4.78, 5) is 13.1. The van der Waals surface area contributed by atoms with Crippen LogP contribution in [0.5, 0.6) is 5.75 Å². The third-order valence-corrected chi connectivity index (χ3v) is 5.99. The second kappa shape index (κ2) is 7.91. The quantitative estimate of drug-likeness (QED) is 0.740. The summed E-state index contributed by atoms with van der Waals surface area (Å²) in [5, 5.41) is 7.93. The molecular formula is C19H20F3N3O3S. The van der Waals surface area contributed by atoms with Crippen LogP contribution in [0.25, 0.3) is 11.3 Å². The van der Waals surface area contributed by atoms with Crippen LogP contribution in [-0.2, 0) is 10.5 Å². The minimum absolute atomic E-state index is 0.0581. The van der Waals surface area contributed by atoms with E-state index in [4.69, 9.17) is 4.74 Å². The summed E-state index contributed by atoms with van der Waals surface area (Å²) in [7, 11) is 0. The molecule has 0 saturated carbocycles. The third kappa shape index (κ3) is 4.09. The zero-order chi connectivity index (χ0) is 20.6. The molecular weight excluding hydrogens is 407 g/mol. The molecule has 3 heterocycles. The van der Waals surface area contributed by atoms with E-state index in [9.17, 15) is 18.0 Å². The van der Waals surface area contributed by atoms with Crippen LogP contribution >= 0.6 is 11.8 Å². The topological polar surface area (TPSA) is 65.4 Å². The average Bonchev–Trinajstić information content (AvgIpc) is 3.07. The lowest BCUT2D eigenvalue weighted by molar-refractivity contribution is -0.274. The number of halogens is 3. The van der Waals surface area contributed by atoms with Gasteiger partial charge in [0.15, 0.2) is 5.69 Å². The first-order valence-electron chi connectivity index (χ1n) is 9.39. The Morgan fingerprint density at radius 2 is 2.24 bits per heavy atom. The smallest absolute Gasteiger partial charge is 0.461 e. The van der Waals surface area contributed by atoms with Crippen LogP contribution in [-0.4, -0.2) is 41.8 Å². The number of carbonyl (C=O) groups excluding carboxylic acids is 1. The third-order valence-electron chi connectivity index (χ3n) is 4.91. The van der Waals surface area contributed by atoms with Gasteiger partial charge < -0.3 is 14.8 Å². The minimum atomic E-state index is -4.74. The van der Waals surface area contributed by atoms with Crippen molar-refractivity contribution < 1.29 is 27.4 Å². The molecule has 1 aromatic carbocycles. The first-order chi connectivity index (χ1) is 13.9. The van der Waals surface area contributed by atoms with E-state index >= 15 is 0 Å². The molecule has 0 aliphatic carbocycles. The number of carbonyl (C=O) groups is 1. The molecule has 0 radical (unpaired) electrons. The van der Waals surface area contributed by atoms with Gasteiger partial charge in [0.25, 0.3) is 0 Å². The SMILES string of the molecule is CCOC(=O)c1nn(C2CCCNC2)c2c1CSc1cc(OC(F)(F)F)ccc1-2. The summed E-state index contributed by atoms with van der Waals surface area (Å²) in [5.74, 6) is -0.318. The van der Waals surface area contributed by atoms with Crippen molar-refractivity contribution in [2.75, 3.05) is 19.7 Å². The summed E-state index contributed by atoms with van der Waals surface area (Å²) < 4.78 is 48.8. The number of hydrogen-bond donors (Lipinski definition) is 1. The summed E-state index contributed by atoms with van der Waals surface area (Å²) in [6, 6.07) is 4.34. The Kier molecular flexibility index (Phi) is 5.48. The standard InChI is InChI=1S/C19H20F3N3O3S/c1-2-27-18(26)16-14-10-29-15-8-12(28-19(20,21)22)5-6-13(15)17(14)25(24-16)11-4-3-7-23-9-11/h5-6,8,11,23H,2-4,7,9-10H2,1H3. The van der Waals surface area contributed by atoms with Gasteiger partial charge in [0.2, 0.25) is 0 Å². The van der Waals surface area contributed by atoms with Crippen LogP contribution in [0.3, 0.4) is 0 Å². The monoisotopic (exact) mass is 427 g/mol. The Balaban J connectivity index is 1.79. The fourth-order valence-electron chi connectivity index (χ4n) is 3.73. The molecule has 156 valence electrons. The van der Waals surface area contributed by atoms with Crippen molar-refractivity contribution in [1.29, 1.82) is 0 Å². The molecule has 10 heteroatoms. The van der Waals surface area contributed by atoms with Crippen molar-refractivity contribution in [1.82, 2.24) is 15.1 Å². The molecule has 0 amide bonds. The van der Waals surface area contributed by atoms with Crippen molar-refractivity contribution in [3.05, 3.63) is 29.5 Å². The molecule has 1 fully saturated rings. The molecule has 29 heavy (non-hydrogen) atoms. The molecule has 2 aliphatic heterocycles. The number of thioether (sulfide) groups is 1. The van der Waals surface area contributed by atoms with Crippen LogP contribution in [0.1, 0.15) is 41.9 Å². The van der Waals surface area contributed by atoms with E-state index in [1.165, 1.54) is 23.9 Å². The molecule has 2 aliphatic rings. The molecule has 1 saturated heterocycles. The number of ether oxygens (including phenoxy) is 2. The van der Waals surface area contributed by atoms with Crippen LogP contribution in [0, 0.1) is 0 Å². The predicted octanol–water partition coefficient (Wildman–Crippen LogP) is 4.16. The van der Waals surface area contributed by atoms with Gasteiger partial charge in [-0.1, -0.05) is 0 Å². The largest absolute Gasteiger partial charge is 0.573 e. The first kappa shape index (κ1) is 20.1. The lowest BCUT2D eigenvalue weighted by atomic mass is 10.0. The Hall–Kier alpha value is -2.20. The van der Waals surface area contributed by atoms with E-state index in [0.717, 1.165) is 36.2 Å². The molecule has 1 N–H and O–H groups in total. The van der Waals surface area contributed by atoms with Crippen LogP contribution in [0.4, 0.5) is 13.2 Å². The lowest BCUT2D eigenvalue weighted by Gasteiger charge is -2.27. The van der Waals surface area contributed by atoms with Crippen molar-refractivity contribution in [3.63, 3.8) is 0 Å². The summed E-state index contributed by atoms with van der Waals surface area (Å²) in [5.41, 5.74) is 2.56. The Labute approximate surface area is 169 Å². The molecule has 1 aromatic heterocycles. The van der Waals surface area contributed by atoms with Crippen molar-refractivity contribution in [2.24, 2.45) is 0 Å². The summed E-state index contributed by atoms with van der Waals surface area (Å²) >= 11 is 1.36. The summed E-state index contributed by atoms with van der Waals surface area (Å²) in [6.07, 6.45) is -2.86. The van der Waals surface area contributed by atoms with Gasteiger partial charge in [0.05, 0.1) is 18.3 Å². The van der Waals surface area contributed by atoms with Gasteiger partial charge in [-0.3, -0.25) is 4.68 Å². The summed E-state index contributed by atoms with van der Waals surface area (Å²) in [6.45, 7) is 3.62. The zero-order valence-corrected chi connectivity index (χ0v) is 16.5. The van der Waals surface area contributed by atoms with E-state index in [1.54, 1.807) is 13.0 Å². The second-order valence-corrected chi connectivity index (χ2v) is 7.85. The number of rotatable bonds is 4. The number of nitrogens with zero attached hydrogens (tertiary/aromatic N) is 2. The number of hydrogen-bond acceptors (Lipinski definition) is 6. The fourth-order valence-corrected chi connectivity index (χ4v) is 4.82. The number of nitrogens with one attached hydrogen (secondary N) is 1. The minimum Gasteiger partial charge on any atom is -0.461 e. The number of fused-ring (bicyclic) bond motifs is 3. The maximum atomic E-state index is 12.6. The van der Waals surface area contributed by atoms with E-state index in [2.05, 4.69) is 15.2 Å². The predicted molar refractivity (Wildman–Crippen MR) is 101 cm³/mol. The van der Waals surface area contributed by atoms with Crippen molar-refractivity contribution in [3.8, 4) is 17.0 Å². The number of esters is 1. The van der Waals surface area contributed by atoms with Gasteiger partial charge in [0, 0.05) is 28.3 Å². The molecule has 0 spiro atoms. The lowest BCUT2D eigenvalue weighted by Crippen LogP contribution is -2.32. The Morgan fingerprint density at radius 3 is 2.93 bits per heavy atom. The highest BCUT2D eigenvalue weighted by molar-refractivity contribution is 7.98. The van der Waals surface area contributed by atoms with E-state index < -0.39 is 12.3 Å². The fraction of sp³-hybridized carbons (Fsp3) is 0.474. The number of alkyl halides is 3. The first-order valence-corrected chi connectivity index (χ1v) is 10.4. The van der Waals surface area contributed by atoms with Gasteiger partial charge in [-0.05, 0) is 44.5 Å². The van der Waals surface area contributed by atoms with Crippen LogP contribution in [0.2, 0.25) is 0 Å². The highest BCUT2D eigenvalue weighted by Gasteiger charge is 2.34. The van der Waals surface area contributed by atoms with Crippen molar-refractivity contribution >= 4 is 17.7 Å². The number of piperidine rings is 1. The van der Waals surface area contributed by atoms with E-state index in [0.29, 0.717) is 17.2 Å². The molecule has 1 unspecified atom stereocenters. The average molecular weight is 427 g/mol. The molecule has 4 rings (SSSR count). The zero-order valence-electron chi connectivity index (χ0n) is 15.7. The van der Waals surface area contributed by atoms with Crippen LogP contribution < -0.4 is 10.1 Å². The molecule has 2 aromatic rings. The van der Waals surface area contributed by atoms with E-state index in [1.807, 2.05) is 4.68 Å². The van der Waals surface area contributed by atoms with Crippen LogP contribution in [0.15, 0.2) is 23.1 Å².